The molecule has 0 fully saturated rings. The molecule has 1 aromatic rings. The Morgan fingerprint density at radius 2 is 2.19 bits per heavy atom. The van der Waals surface area contributed by atoms with Crippen LogP contribution in [-0.4, -0.2) is 17.8 Å². The molecule has 0 saturated heterocycles. The Morgan fingerprint density at radius 1 is 1.50 bits per heavy atom. The standard InChI is InChI=1S/C11H12Br2ClNO/c1-7(14)4-5-15-11(16)9-6-8(12)2-3-10(9)13/h2-3,6-7H,4-5H2,1H3,(H,15,16). The van der Waals surface area contributed by atoms with E-state index in [1.54, 1.807) is 6.07 Å². The molecule has 0 bridgehead atoms. The number of nitrogens with one attached hydrogen (secondary N) is 1. The van der Waals surface area contributed by atoms with Crippen molar-refractivity contribution in [2.75, 3.05) is 6.54 Å². The minimum Gasteiger partial charge on any atom is -0.352 e. The van der Waals surface area contributed by atoms with Gasteiger partial charge in [-0.3, -0.25) is 4.79 Å². The van der Waals surface area contributed by atoms with E-state index in [1.807, 2.05) is 19.1 Å². The average molecular weight is 369 g/mol. The van der Waals surface area contributed by atoms with Crippen molar-refractivity contribution in [1.82, 2.24) is 5.32 Å². The lowest BCUT2D eigenvalue weighted by molar-refractivity contribution is 0.0952. The minimum absolute atomic E-state index is 0.0752. The first-order valence-electron chi connectivity index (χ1n) is 4.88. The zero-order valence-corrected chi connectivity index (χ0v) is 12.7. The summed E-state index contributed by atoms with van der Waals surface area (Å²) in [7, 11) is 0. The highest BCUT2D eigenvalue weighted by Gasteiger charge is 2.10. The summed E-state index contributed by atoms with van der Waals surface area (Å²) in [6.07, 6.45) is 0.763. The highest BCUT2D eigenvalue weighted by molar-refractivity contribution is 9.11. The molecule has 16 heavy (non-hydrogen) atoms. The molecule has 0 radical (unpaired) electrons. The zero-order chi connectivity index (χ0) is 12.1. The summed E-state index contributed by atoms with van der Waals surface area (Å²) < 4.78 is 1.67. The number of carbonyl (C=O) groups excluding carboxylic acids is 1. The summed E-state index contributed by atoms with van der Waals surface area (Å²) >= 11 is 12.5. The first-order chi connectivity index (χ1) is 7.50. The van der Waals surface area contributed by atoms with Crippen LogP contribution in [0, 0.1) is 0 Å². The Kier molecular flexibility index (Phi) is 5.79. The van der Waals surface area contributed by atoms with E-state index in [-0.39, 0.29) is 11.3 Å². The number of alkyl halides is 1. The lowest BCUT2D eigenvalue weighted by atomic mass is 10.2. The molecule has 1 aromatic carbocycles. The summed E-state index contributed by atoms with van der Waals surface area (Å²) in [6.45, 7) is 2.49. The van der Waals surface area contributed by atoms with Gasteiger partial charge in [-0.25, -0.2) is 0 Å². The molecular formula is C11H12Br2ClNO. The molecule has 1 atom stereocenters. The summed E-state index contributed by atoms with van der Waals surface area (Å²) in [5.74, 6) is -0.0921. The van der Waals surface area contributed by atoms with Gasteiger partial charge in [0.25, 0.3) is 5.91 Å². The maximum absolute atomic E-state index is 11.8. The number of hydrogen-bond donors (Lipinski definition) is 1. The first kappa shape index (κ1) is 14.0. The van der Waals surface area contributed by atoms with Crippen molar-refractivity contribution >= 4 is 49.4 Å². The van der Waals surface area contributed by atoms with Gasteiger partial charge >= 0.3 is 0 Å². The second-order valence-corrected chi connectivity index (χ2v) is 5.96. The number of carbonyl (C=O) groups is 1. The van der Waals surface area contributed by atoms with Crippen molar-refractivity contribution in [2.24, 2.45) is 0 Å². The van der Waals surface area contributed by atoms with E-state index in [1.165, 1.54) is 0 Å². The van der Waals surface area contributed by atoms with Crippen molar-refractivity contribution in [3.05, 3.63) is 32.7 Å². The molecule has 1 amide bonds. The highest BCUT2D eigenvalue weighted by Crippen LogP contribution is 2.21. The molecule has 0 heterocycles. The van der Waals surface area contributed by atoms with Gasteiger partial charge in [0.1, 0.15) is 0 Å². The fraction of sp³-hybridized carbons (Fsp3) is 0.364. The normalized spacial score (nSPS) is 12.2. The van der Waals surface area contributed by atoms with Crippen LogP contribution < -0.4 is 5.32 Å². The second kappa shape index (κ2) is 6.62. The van der Waals surface area contributed by atoms with Gasteiger partial charge in [-0.15, -0.1) is 11.6 Å². The lowest BCUT2D eigenvalue weighted by Crippen LogP contribution is -2.26. The zero-order valence-electron chi connectivity index (χ0n) is 8.77. The molecule has 5 heteroatoms. The summed E-state index contributed by atoms with van der Waals surface area (Å²) in [6, 6.07) is 5.49. The van der Waals surface area contributed by atoms with E-state index in [2.05, 4.69) is 37.2 Å². The van der Waals surface area contributed by atoms with Gasteiger partial charge in [0.2, 0.25) is 0 Å². The van der Waals surface area contributed by atoms with Crippen LogP contribution >= 0.6 is 43.5 Å². The Morgan fingerprint density at radius 3 is 2.81 bits per heavy atom. The molecule has 0 aliphatic rings. The van der Waals surface area contributed by atoms with E-state index >= 15 is 0 Å². The van der Waals surface area contributed by atoms with Crippen molar-refractivity contribution in [2.45, 2.75) is 18.7 Å². The van der Waals surface area contributed by atoms with Crippen LogP contribution in [0.5, 0.6) is 0 Å². The Labute approximate surface area is 117 Å². The molecular weight excluding hydrogens is 357 g/mol. The molecule has 0 saturated carbocycles. The average Bonchev–Trinajstić information content (AvgIpc) is 2.21. The van der Waals surface area contributed by atoms with Gasteiger partial charge < -0.3 is 5.32 Å². The van der Waals surface area contributed by atoms with E-state index in [4.69, 9.17) is 11.6 Å². The Hall–Kier alpha value is -0.0600. The number of hydrogen-bond acceptors (Lipinski definition) is 1. The molecule has 1 N–H and O–H groups in total. The Bertz CT molecular complexity index is 382. The smallest absolute Gasteiger partial charge is 0.252 e. The molecule has 0 aromatic heterocycles. The summed E-state index contributed by atoms with van der Waals surface area (Å²) in [4.78, 5) is 11.8. The highest BCUT2D eigenvalue weighted by atomic mass is 79.9. The van der Waals surface area contributed by atoms with Gasteiger partial charge in [-0.05, 0) is 47.5 Å². The van der Waals surface area contributed by atoms with Gasteiger partial charge in [0, 0.05) is 20.9 Å². The lowest BCUT2D eigenvalue weighted by Gasteiger charge is -2.08. The largest absolute Gasteiger partial charge is 0.352 e. The molecule has 1 rings (SSSR count). The minimum atomic E-state index is -0.0921. The number of amides is 1. The van der Waals surface area contributed by atoms with Crippen molar-refractivity contribution in [3.8, 4) is 0 Å². The quantitative estimate of drug-likeness (QED) is 0.800. The summed E-state index contributed by atoms with van der Waals surface area (Å²) in [5, 5.41) is 2.90. The molecule has 1 unspecified atom stereocenters. The Balaban J connectivity index is 2.62. The first-order valence-corrected chi connectivity index (χ1v) is 6.90. The number of halogens is 3. The van der Waals surface area contributed by atoms with Crippen molar-refractivity contribution in [3.63, 3.8) is 0 Å². The van der Waals surface area contributed by atoms with E-state index < -0.39 is 0 Å². The fourth-order valence-corrected chi connectivity index (χ4v) is 2.05. The van der Waals surface area contributed by atoms with Gasteiger partial charge in [-0.1, -0.05) is 15.9 Å². The molecule has 2 nitrogen and oxygen atoms in total. The van der Waals surface area contributed by atoms with E-state index in [0.29, 0.717) is 12.1 Å². The van der Waals surface area contributed by atoms with Crippen LogP contribution in [0.4, 0.5) is 0 Å². The maximum atomic E-state index is 11.8. The third-order valence-electron chi connectivity index (χ3n) is 2.00. The van der Waals surface area contributed by atoms with Crippen LogP contribution in [0.2, 0.25) is 0 Å². The van der Waals surface area contributed by atoms with Gasteiger partial charge in [0.05, 0.1) is 5.56 Å². The van der Waals surface area contributed by atoms with Crippen molar-refractivity contribution in [1.29, 1.82) is 0 Å². The fourth-order valence-electron chi connectivity index (χ4n) is 1.15. The van der Waals surface area contributed by atoms with Crippen LogP contribution in [0.3, 0.4) is 0 Å². The number of benzene rings is 1. The van der Waals surface area contributed by atoms with E-state index in [0.717, 1.165) is 15.4 Å². The van der Waals surface area contributed by atoms with Crippen LogP contribution in [0.15, 0.2) is 27.1 Å². The SMILES string of the molecule is CC(Cl)CCNC(=O)c1cc(Br)ccc1Br. The predicted octanol–water partition coefficient (Wildman–Crippen LogP) is 3.96. The maximum Gasteiger partial charge on any atom is 0.252 e. The third-order valence-corrected chi connectivity index (χ3v) is 3.40. The predicted molar refractivity (Wildman–Crippen MR) is 74.1 cm³/mol. The summed E-state index contributed by atoms with van der Waals surface area (Å²) in [5.41, 5.74) is 0.622. The van der Waals surface area contributed by atoms with Gasteiger partial charge in [0.15, 0.2) is 0 Å². The number of rotatable bonds is 4. The van der Waals surface area contributed by atoms with Crippen molar-refractivity contribution < 1.29 is 4.79 Å². The second-order valence-electron chi connectivity index (χ2n) is 3.45. The molecule has 0 spiro atoms. The molecule has 0 aliphatic heterocycles. The molecule has 0 aliphatic carbocycles. The van der Waals surface area contributed by atoms with Gasteiger partial charge in [-0.2, -0.15) is 0 Å². The van der Waals surface area contributed by atoms with Crippen LogP contribution in [0.25, 0.3) is 0 Å². The van der Waals surface area contributed by atoms with Crippen LogP contribution in [-0.2, 0) is 0 Å². The van der Waals surface area contributed by atoms with Crippen LogP contribution in [0.1, 0.15) is 23.7 Å². The monoisotopic (exact) mass is 367 g/mol. The molecule has 88 valence electrons. The third kappa shape index (κ3) is 4.44. The topological polar surface area (TPSA) is 29.1 Å². The van der Waals surface area contributed by atoms with E-state index in [9.17, 15) is 4.79 Å².